The van der Waals surface area contributed by atoms with Gasteiger partial charge in [-0.15, -0.1) is 11.3 Å². The molecular formula is C22H27N5O4S2. The minimum atomic E-state index is -3.43. The van der Waals surface area contributed by atoms with Crippen LogP contribution in [0.4, 0.5) is 10.8 Å². The van der Waals surface area contributed by atoms with Crippen LogP contribution in [-0.4, -0.2) is 41.1 Å². The van der Waals surface area contributed by atoms with Crippen LogP contribution >= 0.6 is 11.3 Å². The van der Waals surface area contributed by atoms with Crippen molar-refractivity contribution in [2.75, 3.05) is 15.8 Å². The zero-order chi connectivity index (χ0) is 24.2. The molecule has 0 radical (unpaired) electrons. The lowest BCUT2D eigenvalue weighted by Gasteiger charge is -2.21. The number of aromatic nitrogens is 3. The summed E-state index contributed by atoms with van der Waals surface area (Å²) in [6.45, 7) is 8.86. The monoisotopic (exact) mass is 489 g/mol. The van der Waals surface area contributed by atoms with Gasteiger partial charge in [0.15, 0.2) is 5.13 Å². The summed E-state index contributed by atoms with van der Waals surface area (Å²) in [4.78, 5) is 25.9. The first-order valence-electron chi connectivity index (χ1n) is 10.4. The Balaban J connectivity index is 1.71. The fourth-order valence-electron chi connectivity index (χ4n) is 2.73. The molecule has 3 rings (SSSR count). The average molecular weight is 490 g/mol. The topological polar surface area (TPSA) is 123 Å². The van der Waals surface area contributed by atoms with Crippen LogP contribution in [0, 0.1) is 0 Å². The van der Waals surface area contributed by atoms with Crippen LogP contribution in [0.5, 0.6) is 5.88 Å². The Morgan fingerprint density at radius 2 is 1.85 bits per heavy atom. The lowest BCUT2D eigenvalue weighted by molar-refractivity contribution is -0.120. The molecule has 33 heavy (non-hydrogen) atoms. The van der Waals surface area contributed by atoms with Crippen molar-refractivity contribution in [2.24, 2.45) is 0 Å². The summed E-state index contributed by atoms with van der Waals surface area (Å²) in [5.74, 6) is 0.130. The molecule has 176 valence electrons. The molecule has 1 amide bonds. The van der Waals surface area contributed by atoms with Crippen molar-refractivity contribution in [1.82, 2.24) is 15.0 Å². The summed E-state index contributed by atoms with van der Waals surface area (Å²) in [6.07, 6.45) is 3.21. The molecule has 9 nitrogen and oxygen atoms in total. The van der Waals surface area contributed by atoms with Gasteiger partial charge >= 0.3 is 0 Å². The number of hydrogen-bond donors (Lipinski definition) is 2. The Labute approximate surface area is 197 Å². The molecule has 0 spiro atoms. The zero-order valence-electron chi connectivity index (χ0n) is 19.1. The minimum Gasteiger partial charge on any atom is -0.474 e. The van der Waals surface area contributed by atoms with Gasteiger partial charge in [-0.25, -0.2) is 18.4 Å². The van der Waals surface area contributed by atoms with Gasteiger partial charge in [0.25, 0.3) is 0 Å². The molecule has 2 heterocycles. The molecule has 0 aliphatic heterocycles. The van der Waals surface area contributed by atoms with Gasteiger partial charge in [0.05, 0.1) is 41.1 Å². The molecule has 0 atom stereocenters. The van der Waals surface area contributed by atoms with E-state index in [9.17, 15) is 13.2 Å². The van der Waals surface area contributed by atoms with Gasteiger partial charge in [0, 0.05) is 16.6 Å². The van der Waals surface area contributed by atoms with Crippen molar-refractivity contribution in [3.05, 3.63) is 47.7 Å². The number of hydrogen-bond acceptors (Lipinski definition) is 8. The first-order chi connectivity index (χ1) is 15.5. The van der Waals surface area contributed by atoms with Gasteiger partial charge in [-0.2, -0.15) is 0 Å². The molecule has 0 aliphatic carbocycles. The number of ether oxygens (including phenoxy) is 1. The van der Waals surface area contributed by atoms with E-state index in [0.29, 0.717) is 23.0 Å². The van der Waals surface area contributed by atoms with E-state index in [1.165, 1.54) is 0 Å². The van der Waals surface area contributed by atoms with Crippen molar-refractivity contribution in [3.63, 3.8) is 0 Å². The highest BCUT2D eigenvalue weighted by atomic mass is 32.2. The Hall–Kier alpha value is -3.05. The number of carbonyl (C=O) groups is 1. The summed E-state index contributed by atoms with van der Waals surface area (Å²) in [7, 11) is -3.43. The van der Waals surface area contributed by atoms with E-state index in [-0.39, 0.29) is 22.9 Å². The predicted octanol–water partition coefficient (Wildman–Crippen LogP) is 4.07. The van der Waals surface area contributed by atoms with E-state index < -0.39 is 15.4 Å². The van der Waals surface area contributed by atoms with Crippen LogP contribution in [0.25, 0.3) is 11.3 Å². The fourth-order valence-corrected chi connectivity index (χ4v) is 4.48. The highest BCUT2D eigenvalue weighted by Gasteiger charge is 2.33. The van der Waals surface area contributed by atoms with E-state index in [4.69, 9.17) is 4.74 Å². The number of nitrogens with one attached hydrogen (secondary N) is 2. The van der Waals surface area contributed by atoms with Gasteiger partial charge in [-0.05, 0) is 46.8 Å². The number of thiazole rings is 1. The second-order valence-corrected chi connectivity index (χ2v) is 11.0. The quantitative estimate of drug-likeness (QED) is 0.464. The average Bonchev–Trinajstić information content (AvgIpc) is 3.22. The third-order valence-electron chi connectivity index (χ3n) is 4.74. The molecule has 0 aliphatic rings. The molecule has 2 N–H and O–H groups in total. The van der Waals surface area contributed by atoms with Crippen LogP contribution in [0.15, 0.2) is 42.0 Å². The molecule has 3 aromatic rings. The number of nitrogens with zero attached hydrogens (tertiary/aromatic N) is 3. The van der Waals surface area contributed by atoms with E-state index in [0.717, 1.165) is 16.9 Å². The van der Waals surface area contributed by atoms with E-state index in [1.807, 2.05) is 26.0 Å². The first-order valence-corrected chi connectivity index (χ1v) is 12.9. The normalized spacial score (nSPS) is 11.9. The highest BCUT2D eigenvalue weighted by molar-refractivity contribution is 7.92. The molecule has 0 saturated heterocycles. The van der Waals surface area contributed by atoms with Crippen LogP contribution in [0.1, 0.15) is 40.3 Å². The second kappa shape index (κ2) is 9.84. The SMILES string of the molecule is CCS(=O)(=O)Nc1nc(C(C)(C)C(=O)Nc2ccc(-c3cncc(OC(C)C)n3)cc2)cs1. The van der Waals surface area contributed by atoms with Gasteiger partial charge in [-0.1, -0.05) is 12.1 Å². The first kappa shape index (κ1) is 24.6. The van der Waals surface area contributed by atoms with Crippen LogP contribution in [-0.2, 0) is 20.2 Å². The molecule has 11 heteroatoms. The maximum atomic E-state index is 13.0. The number of anilines is 2. The Morgan fingerprint density at radius 1 is 1.15 bits per heavy atom. The molecule has 0 saturated carbocycles. The van der Waals surface area contributed by atoms with Crippen molar-refractivity contribution in [3.8, 4) is 17.1 Å². The summed E-state index contributed by atoms with van der Waals surface area (Å²) in [5, 5.41) is 4.81. The lowest BCUT2D eigenvalue weighted by Crippen LogP contribution is -2.35. The van der Waals surface area contributed by atoms with E-state index in [2.05, 4.69) is 25.0 Å². The standard InChI is InChI=1S/C22H27N5O4S2/c1-6-33(29,30)27-21-26-18(13-32-21)22(4,5)20(28)24-16-9-7-15(8-10-16)17-11-23-12-19(25-17)31-14(2)3/h7-14H,6H2,1-5H3,(H,24,28)(H,26,27). The third kappa shape index (κ3) is 6.26. The Bertz CT molecular complexity index is 1220. The fraction of sp³-hybridized carbons (Fsp3) is 0.364. The third-order valence-corrected chi connectivity index (χ3v) is 6.89. The van der Waals surface area contributed by atoms with E-state index in [1.54, 1.807) is 50.7 Å². The molecular weight excluding hydrogens is 462 g/mol. The molecule has 1 aromatic carbocycles. The summed E-state index contributed by atoms with van der Waals surface area (Å²) < 4.78 is 31.5. The predicted molar refractivity (Wildman–Crippen MR) is 130 cm³/mol. The van der Waals surface area contributed by atoms with Gasteiger partial charge in [-0.3, -0.25) is 14.5 Å². The van der Waals surface area contributed by atoms with Crippen LogP contribution < -0.4 is 14.8 Å². The van der Waals surface area contributed by atoms with Gasteiger partial charge < -0.3 is 10.1 Å². The molecule has 0 fully saturated rings. The number of benzene rings is 1. The Kier molecular flexibility index (Phi) is 7.33. The Morgan fingerprint density at radius 3 is 2.48 bits per heavy atom. The second-order valence-electron chi connectivity index (χ2n) is 8.11. The van der Waals surface area contributed by atoms with E-state index >= 15 is 0 Å². The summed E-state index contributed by atoms with van der Waals surface area (Å²) in [6, 6.07) is 7.24. The smallest absolute Gasteiger partial charge is 0.236 e. The maximum absolute atomic E-state index is 13.0. The number of rotatable bonds is 9. The highest BCUT2D eigenvalue weighted by Crippen LogP contribution is 2.29. The van der Waals surface area contributed by atoms with Crippen molar-refractivity contribution in [1.29, 1.82) is 0 Å². The minimum absolute atomic E-state index is 0.00360. The van der Waals surface area contributed by atoms with Gasteiger partial charge in [0.2, 0.25) is 21.8 Å². The molecule has 0 unspecified atom stereocenters. The van der Waals surface area contributed by atoms with Crippen molar-refractivity contribution < 1.29 is 17.9 Å². The molecule has 2 aromatic heterocycles. The van der Waals surface area contributed by atoms with Crippen molar-refractivity contribution >= 4 is 38.1 Å². The number of sulfonamides is 1. The number of amides is 1. The number of carbonyl (C=O) groups excluding carboxylic acids is 1. The summed E-state index contributed by atoms with van der Waals surface area (Å²) in [5.41, 5.74) is 1.62. The zero-order valence-corrected chi connectivity index (χ0v) is 20.8. The largest absolute Gasteiger partial charge is 0.474 e. The summed E-state index contributed by atoms with van der Waals surface area (Å²) >= 11 is 1.14. The van der Waals surface area contributed by atoms with Crippen molar-refractivity contribution in [2.45, 2.75) is 46.1 Å². The maximum Gasteiger partial charge on any atom is 0.236 e. The van der Waals surface area contributed by atoms with Gasteiger partial charge in [0.1, 0.15) is 0 Å². The van der Waals surface area contributed by atoms with Crippen LogP contribution in [0.2, 0.25) is 0 Å². The molecule has 0 bridgehead atoms. The lowest BCUT2D eigenvalue weighted by atomic mass is 9.89. The van der Waals surface area contributed by atoms with Crippen LogP contribution in [0.3, 0.4) is 0 Å².